The number of hydrogen-bond acceptors (Lipinski definition) is 2. The van der Waals surface area contributed by atoms with Crippen LogP contribution in [0.5, 0.6) is 0 Å². The number of rotatable bonds is 3. The molecule has 1 aliphatic rings. The Morgan fingerprint density at radius 2 is 2.00 bits per heavy atom. The summed E-state index contributed by atoms with van der Waals surface area (Å²) in [6, 6.07) is 5.93. The van der Waals surface area contributed by atoms with Crippen LogP contribution in [0.25, 0.3) is 0 Å². The van der Waals surface area contributed by atoms with E-state index in [1.807, 2.05) is 25.1 Å². The highest BCUT2D eigenvalue weighted by Crippen LogP contribution is 2.34. The first-order chi connectivity index (χ1) is 8.55. The van der Waals surface area contributed by atoms with Gasteiger partial charge in [-0.15, -0.1) is 0 Å². The molecule has 100 valence electrons. The van der Waals surface area contributed by atoms with E-state index in [4.69, 9.17) is 11.6 Å². The van der Waals surface area contributed by atoms with Crippen molar-refractivity contribution >= 4 is 11.6 Å². The SMILES string of the molecule is CCCN1CCC(O)(c2ccc(C)c(Cl)c2)CC1. The van der Waals surface area contributed by atoms with Gasteiger partial charge in [0.25, 0.3) is 0 Å². The van der Waals surface area contributed by atoms with Gasteiger partial charge in [0.05, 0.1) is 5.60 Å². The van der Waals surface area contributed by atoms with E-state index in [2.05, 4.69) is 11.8 Å². The number of nitrogens with zero attached hydrogens (tertiary/aromatic N) is 1. The predicted octanol–water partition coefficient (Wildman–Crippen LogP) is 3.34. The van der Waals surface area contributed by atoms with E-state index in [1.54, 1.807) is 0 Å². The van der Waals surface area contributed by atoms with Crippen molar-refractivity contribution in [2.45, 2.75) is 38.7 Å². The number of hydrogen-bond donors (Lipinski definition) is 1. The zero-order valence-corrected chi connectivity index (χ0v) is 12.0. The Morgan fingerprint density at radius 1 is 1.33 bits per heavy atom. The molecule has 1 heterocycles. The minimum atomic E-state index is -0.693. The van der Waals surface area contributed by atoms with Crippen molar-refractivity contribution in [3.8, 4) is 0 Å². The van der Waals surface area contributed by atoms with Gasteiger partial charge in [-0.1, -0.05) is 30.7 Å². The van der Waals surface area contributed by atoms with Crippen molar-refractivity contribution in [1.29, 1.82) is 0 Å². The monoisotopic (exact) mass is 267 g/mol. The third-order valence-electron chi connectivity index (χ3n) is 3.93. The van der Waals surface area contributed by atoms with E-state index in [0.29, 0.717) is 0 Å². The number of aliphatic hydroxyl groups is 1. The van der Waals surface area contributed by atoms with Gasteiger partial charge in [0, 0.05) is 18.1 Å². The molecule has 0 saturated carbocycles. The van der Waals surface area contributed by atoms with E-state index in [-0.39, 0.29) is 0 Å². The molecule has 1 aromatic carbocycles. The number of benzene rings is 1. The fourth-order valence-corrected chi connectivity index (χ4v) is 2.81. The molecule has 0 amide bonds. The van der Waals surface area contributed by atoms with Gasteiger partial charge in [-0.3, -0.25) is 0 Å². The van der Waals surface area contributed by atoms with Crippen LogP contribution >= 0.6 is 11.6 Å². The predicted molar refractivity (Wildman–Crippen MR) is 76.1 cm³/mol. The molecule has 0 bridgehead atoms. The quantitative estimate of drug-likeness (QED) is 0.908. The Morgan fingerprint density at radius 3 is 2.56 bits per heavy atom. The minimum Gasteiger partial charge on any atom is -0.385 e. The van der Waals surface area contributed by atoms with Crippen LogP contribution in [-0.2, 0) is 5.60 Å². The highest BCUT2D eigenvalue weighted by atomic mass is 35.5. The molecule has 0 atom stereocenters. The lowest BCUT2D eigenvalue weighted by atomic mass is 9.84. The molecule has 2 nitrogen and oxygen atoms in total. The first kappa shape index (κ1) is 13.9. The number of likely N-dealkylation sites (tertiary alicyclic amines) is 1. The van der Waals surface area contributed by atoms with Crippen molar-refractivity contribution in [3.63, 3.8) is 0 Å². The fourth-order valence-electron chi connectivity index (χ4n) is 2.63. The van der Waals surface area contributed by atoms with Gasteiger partial charge in [-0.2, -0.15) is 0 Å². The Kier molecular flexibility index (Phi) is 4.31. The summed E-state index contributed by atoms with van der Waals surface area (Å²) in [6.45, 7) is 7.25. The van der Waals surface area contributed by atoms with Gasteiger partial charge in [0.15, 0.2) is 0 Å². The lowest BCUT2D eigenvalue weighted by Crippen LogP contribution is -2.42. The summed E-state index contributed by atoms with van der Waals surface area (Å²) in [5.41, 5.74) is 1.34. The van der Waals surface area contributed by atoms with Crippen molar-refractivity contribution in [3.05, 3.63) is 34.3 Å². The second-order valence-corrected chi connectivity index (χ2v) is 5.74. The maximum atomic E-state index is 10.8. The molecule has 0 spiro atoms. The maximum Gasteiger partial charge on any atom is 0.0921 e. The van der Waals surface area contributed by atoms with E-state index in [0.717, 1.165) is 48.6 Å². The summed E-state index contributed by atoms with van der Waals surface area (Å²) in [5.74, 6) is 0. The number of halogens is 1. The molecule has 18 heavy (non-hydrogen) atoms. The second-order valence-electron chi connectivity index (χ2n) is 5.34. The normalized spacial score (nSPS) is 20.0. The third-order valence-corrected chi connectivity index (χ3v) is 4.34. The summed E-state index contributed by atoms with van der Waals surface area (Å²) in [7, 11) is 0. The summed E-state index contributed by atoms with van der Waals surface area (Å²) < 4.78 is 0. The molecule has 0 unspecified atom stereocenters. The average molecular weight is 268 g/mol. The minimum absolute atomic E-state index is 0.693. The van der Waals surface area contributed by atoms with E-state index in [9.17, 15) is 5.11 Å². The van der Waals surface area contributed by atoms with Crippen molar-refractivity contribution in [2.75, 3.05) is 19.6 Å². The van der Waals surface area contributed by atoms with Crippen LogP contribution < -0.4 is 0 Å². The zero-order chi connectivity index (χ0) is 13.2. The Labute approximate surface area is 115 Å². The Hall–Kier alpha value is -0.570. The van der Waals surface area contributed by atoms with Crippen LogP contribution in [0.2, 0.25) is 5.02 Å². The van der Waals surface area contributed by atoms with Gasteiger partial charge < -0.3 is 10.0 Å². The summed E-state index contributed by atoms with van der Waals surface area (Å²) in [4.78, 5) is 2.42. The van der Waals surface area contributed by atoms with Gasteiger partial charge in [0.2, 0.25) is 0 Å². The zero-order valence-electron chi connectivity index (χ0n) is 11.2. The van der Waals surface area contributed by atoms with E-state index < -0.39 is 5.60 Å². The molecule has 3 heteroatoms. The van der Waals surface area contributed by atoms with Crippen LogP contribution in [-0.4, -0.2) is 29.6 Å². The summed E-state index contributed by atoms with van der Waals surface area (Å²) in [5, 5.41) is 11.5. The van der Waals surface area contributed by atoms with Gasteiger partial charge in [-0.25, -0.2) is 0 Å². The van der Waals surface area contributed by atoms with Crippen molar-refractivity contribution < 1.29 is 5.11 Å². The Bertz CT molecular complexity index is 411. The van der Waals surface area contributed by atoms with Gasteiger partial charge in [0.1, 0.15) is 0 Å². The molecule has 0 aliphatic carbocycles. The largest absolute Gasteiger partial charge is 0.385 e. The first-order valence-corrected chi connectivity index (χ1v) is 7.14. The number of piperidine rings is 1. The maximum absolute atomic E-state index is 10.8. The summed E-state index contributed by atoms with van der Waals surface area (Å²) in [6.07, 6.45) is 2.77. The molecular formula is C15H22ClNO. The van der Waals surface area contributed by atoms with Crippen LogP contribution in [0.15, 0.2) is 18.2 Å². The van der Waals surface area contributed by atoms with Crippen molar-refractivity contribution in [2.24, 2.45) is 0 Å². The third kappa shape index (κ3) is 2.87. The van der Waals surface area contributed by atoms with Crippen LogP contribution in [0.3, 0.4) is 0 Å². The highest BCUT2D eigenvalue weighted by Gasteiger charge is 2.33. The lowest BCUT2D eigenvalue weighted by molar-refractivity contribution is -0.0257. The van der Waals surface area contributed by atoms with Gasteiger partial charge >= 0.3 is 0 Å². The van der Waals surface area contributed by atoms with Crippen LogP contribution in [0, 0.1) is 6.92 Å². The molecule has 0 aromatic heterocycles. The Balaban J connectivity index is 2.10. The smallest absolute Gasteiger partial charge is 0.0921 e. The first-order valence-electron chi connectivity index (χ1n) is 6.76. The molecule has 2 rings (SSSR count). The molecule has 1 fully saturated rings. The van der Waals surface area contributed by atoms with Crippen LogP contribution in [0.1, 0.15) is 37.3 Å². The molecule has 1 N–H and O–H groups in total. The van der Waals surface area contributed by atoms with Crippen LogP contribution in [0.4, 0.5) is 0 Å². The van der Waals surface area contributed by atoms with E-state index in [1.165, 1.54) is 6.42 Å². The molecule has 1 aliphatic heterocycles. The summed E-state index contributed by atoms with van der Waals surface area (Å²) >= 11 is 6.15. The molecular weight excluding hydrogens is 246 g/mol. The average Bonchev–Trinajstić information content (AvgIpc) is 2.36. The molecule has 1 saturated heterocycles. The topological polar surface area (TPSA) is 23.5 Å². The standard InChI is InChI=1S/C15H22ClNO/c1-3-8-17-9-6-15(18,7-10-17)13-5-4-12(2)14(16)11-13/h4-5,11,18H,3,6-10H2,1-2H3. The van der Waals surface area contributed by atoms with Gasteiger partial charge in [-0.05, 0) is 49.9 Å². The van der Waals surface area contributed by atoms with E-state index >= 15 is 0 Å². The molecule has 1 aromatic rings. The lowest BCUT2D eigenvalue weighted by Gasteiger charge is -2.38. The fraction of sp³-hybridized carbons (Fsp3) is 0.600. The number of aryl methyl sites for hydroxylation is 1. The van der Waals surface area contributed by atoms with Crippen molar-refractivity contribution in [1.82, 2.24) is 4.90 Å². The molecule has 0 radical (unpaired) electrons. The highest BCUT2D eigenvalue weighted by molar-refractivity contribution is 6.31. The second kappa shape index (κ2) is 5.60.